The summed E-state index contributed by atoms with van der Waals surface area (Å²) in [7, 11) is 0.114. The zero-order chi connectivity index (χ0) is 21.7. The average Bonchev–Trinajstić information content (AvgIpc) is 2.74. The molecule has 0 radical (unpaired) electrons. The van der Waals surface area contributed by atoms with Crippen LogP contribution < -0.4 is 14.4 Å². The van der Waals surface area contributed by atoms with Crippen LogP contribution in [0.15, 0.2) is 53.4 Å². The van der Waals surface area contributed by atoms with Crippen LogP contribution in [-0.2, 0) is 10.0 Å². The fourth-order valence-corrected chi connectivity index (χ4v) is 4.76. The highest BCUT2D eigenvalue weighted by molar-refractivity contribution is 7.92. The Morgan fingerprint density at radius 3 is 2.40 bits per heavy atom. The van der Waals surface area contributed by atoms with Crippen molar-refractivity contribution in [1.82, 2.24) is 4.90 Å². The summed E-state index contributed by atoms with van der Waals surface area (Å²) in [5, 5.41) is 0. The van der Waals surface area contributed by atoms with Crippen molar-refractivity contribution in [2.75, 3.05) is 38.5 Å². The quantitative estimate of drug-likeness (QED) is 0.697. The monoisotopic (exact) mass is 432 g/mol. The molecule has 8 heteroatoms. The van der Waals surface area contributed by atoms with Crippen LogP contribution in [0.5, 0.6) is 5.75 Å². The van der Waals surface area contributed by atoms with Gasteiger partial charge in [0, 0.05) is 25.9 Å². The van der Waals surface area contributed by atoms with E-state index < -0.39 is 10.0 Å². The van der Waals surface area contributed by atoms with E-state index in [1.54, 1.807) is 48.3 Å². The van der Waals surface area contributed by atoms with Gasteiger partial charge in [-0.25, -0.2) is 8.42 Å². The maximum atomic E-state index is 13.2. The molecule has 0 aromatic heterocycles. The zero-order valence-electron chi connectivity index (χ0n) is 17.7. The Kier molecular flexibility index (Phi) is 6.99. The Labute approximate surface area is 178 Å². The molecular weight excluding hydrogens is 402 g/mol. The molecule has 0 atom stereocenters. The second-order valence-corrected chi connectivity index (χ2v) is 9.34. The van der Waals surface area contributed by atoms with E-state index in [9.17, 15) is 13.2 Å². The lowest BCUT2D eigenvalue weighted by molar-refractivity contribution is -0.885. The van der Waals surface area contributed by atoms with Gasteiger partial charge in [-0.15, -0.1) is 0 Å². The summed E-state index contributed by atoms with van der Waals surface area (Å²) < 4.78 is 33.7. The third-order valence-corrected chi connectivity index (χ3v) is 6.90. The third-order valence-electron chi connectivity index (χ3n) is 5.52. The molecule has 0 aliphatic carbocycles. The highest BCUT2D eigenvalue weighted by Gasteiger charge is 2.28. The first-order chi connectivity index (χ1) is 14.3. The number of nitrogens with one attached hydrogen (secondary N) is 2. The molecule has 3 rings (SSSR count). The van der Waals surface area contributed by atoms with Crippen LogP contribution in [0.2, 0.25) is 0 Å². The number of ether oxygens (including phenoxy) is 1. The fraction of sp³-hybridized carbons (Fsp3) is 0.409. The minimum atomic E-state index is -3.84. The molecule has 0 unspecified atom stereocenters. The fourth-order valence-electron chi connectivity index (χ4n) is 3.68. The van der Waals surface area contributed by atoms with Crippen molar-refractivity contribution in [3.05, 3.63) is 54.1 Å². The standard InChI is InChI=1S/C22H29N3O4S/c1-4-29-18-9-11-19(12-10-18)30(27,28)23-21-8-6-5-7-20(21)22(26)25(3)17-13-15-24(2)16-14-17/h5-12,17,23H,4,13-16H2,1-3H3/p+1. The van der Waals surface area contributed by atoms with Crippen molar-refractivity contribution in [2.24, 2.45) is 0 Å². The molecule has 1 aliphatic heterocycles. The SMILES string of the molecule is CCOc1ccc(S(=O)(=O)Nc2ccccc2C(=O)N(C)C2CC[NH+](C)CC2)cc1. The molecule has 1 amide bonds. The summed E-state index contributed by atoms with van der Waals surface area (Å²) in [4.78, 5) is 16.5. The van der Waals surface area contributed by atoms with Gasteiger partial charge in [0.25, 0.3) is 15.9 Å². The Morgan fingerprint density at radius 2 is 1.77 bits per heavy atom. The van der Waals surface area contributed by atoms with Crippen molar-refractivity contribution >= 4 is 21.6 Å². The molecule has 2 N–H and O–H groups in total. The number of rotatable bonds is 7. The van der Waals surface area contributed by atoms with Gasteiger partial charge in [-0.3, -0.25) is 9.52 Å². The van der Waals surface area contributed by atoms with Gasteiger partial charge in [0.15, 0.2) is 0 Å². The number of quaternary nitrogens is 1. The number of piperidine rings is 1. The number of nitrogens with zero attached hydrogens (tertiary/aromatic N) is 1. The van der Waals surface area contributed by atoms with Crippen LogP contribution in [0.4, 0.5) is 5.69 Å². The van der Waals surface area contributed by atoms with Crippen LogP contribution in [0.3, 0.4) is 0 Å². The first-order valence-electron chi connectivity index (χ1n) is 10.2. The minimum Gasteiger partial charge on any atom is -0.494 e. The third kappa shape index (κ3) is 5.12. The molecule has 1 fully saturated rings. The van der Waals surface area contributed by atoms with E-state index >= 15 is 0 Å². The molecule has 0 bridgehead atoms. The van der Waals surface area contributed by atoms with E-state index in [4.69, 9.17) is 4.74 Å². The number of hydrogen-bond acceptors (Lipinski definition) is 4. The van der Waals surface area contributed by atoms with E-state index in [-0.39, 0.29) is 22.5 Å². The second-order valence-electron chi connectivity index (χ2n) is 7.66. The lowest BCUT2D eigenvalue weighted by Crippen LogP contribution is -3.10. The maximum Gasteiger partial charge on any atom is 0.261 e. The van der Waals surface area contributed by atoms with Crippen LogP contribution >= 0.6 is 0 Å². The predicted octanol–water partition coefficient (Wildman–Crippen LogP) is 1.64. The van der Waals surface area contributed by atoms with Crippen molar-refractivity contribution in [3.8, 4) is 5.75 Å². The largest absolute Gasteiger partial charge is 0.494 e. The van der Waals surface area contributed by atoms with Gasteiger partial charge in [-0.05, 0) is 43.3 Å². The smallest absolute Gasteiger partial charge is 0.261 e. The normalized spacial score (nSPS) is 19.2. The molecule has 30 heavy (non-hydrogen) atoms. The van der Waals surface area contributed by atoms with Crippen LogP contribution in [-0.4, -0.2) is 59.1 Å². The first-order valence-corrected chi connectivity index (χ1v) is 11.7. The molecule has 1 saturated heterocycles. The van der Waals surface area contributed by atoms with Gasteiger partial charge >= 0.3 is 0 Å². The van der Waals surface area contributed by atoms with Gasteiger partial charge in [-0.1, -0.05) is 12.1 Å². The van der Waals surface area contributed by atoms with E-state index in [1.165, 1.54) is 17.0 Å². The minimum absolute atomic E-state index is 0.111. The number of carbonyl (C=O) groups is 1. The van der Waals surface area contributed by atoms with Crippen molar-refractivity contribution < 1.29 is 22.8 Å². The number of para-hydroxylation sites is 1. The topological polar surface area (TPSA) is 80.1 Å². The lowest BCUT2D eigenvalue weighted by Gasteiger charge is -2.33. The number of amides is 1. The van der Waals surface area contributed by atoms with Gasteiger partial charge in [0.1, 0.15) is 5.75 Å². The molecule has 0 spiro atoms. The van der Waals surface area contributed by atoms with Gasteiger partial charge in [-0.2, -0.15) is 0 Å². The summed E-state index contributed by atoms with van der Waals surface area (Å²) in [6, 6.07) is 13.1. The second kappa shape index (κ2) is 9.49. The van der Waals surface area contributed by atoms with E-state index in [1.807, 2.05) is 6.92 Å². The van der Waals surface area contributed by atoms with Crippen molar-refractivity contribution in [2.45, 2.75) is 30.7 Å². The first kappa shape index (κ1) is 22.1. The molecule has 2 aromatic rings. The summed E-state index contributed by atoms with van der Waals surface area (Å²) in [6.45, 7) is 4.42. The molecular formula is C22H30N3O4S+. The molecule has 0 saturated carbocycles. The predicted molar refractivity (Wildman–Crippen MR) is 117 cm³/mol. The molecule has 1 aliphatic rings. The van der Waals surface area contributed by atoms with Crippen LogP contribution in [0.1, 0.15) is 30.1 Å². The molecule has 7 nitrogen and oxygen atoms in total. The summed E-state index contributed by atoms with van der Waals surface area (Å²) in [5.41, 5.74) is 0.627. The number of anilines is 1. The van der Waals surface area contributed by atoms with Gasteiger partial charge in [0.05, 0.1) is 42.9 Å². The summed E-state index contributed by atoms with van der Waals surface area (Å²) in [6.07, 6.45) is 1.88. The van der Waals surface area contributed by atoms with Gasteiger partial charge < -0.3 is 14.5 Å². The zero-order valence-corrected chi connectivity index (χ0v) is 18.5. The number of carbonyl (C=O) groups excluding carboxylic acids is 1. The number of benzene rings is 2. The Bertz CT molecular complexity index is 968. The average molecular weight is 433 g/mol. The Balaban J connectivity index is 1.79. The van der Waals surface area contributed by atoms with Crippen LogP contribution in [0, 0.1) is 0 Å². The number of likely N-dealkylation sites (tertiary alicyclic amines) is 1. The molecule has 162 valence electrons. The maximum absolute atomic E-state index is 13.2. The molecule has 2 aromatic carbocycles. The summed E-state index contributed by atoms with van der Waals surface area (Å²) in [5.74, 6) is 0.429. The highest BCUT2D eigenvalue weighted by atomic mass is 32.2. The molecule has 1 heterocycles. The van der Waals surface area contributed by atoms with Gasteiger partial charge in [0.2, 0.25) is 0 Å². The Hall–Kier alpha value is -2.58. The number of hydrogen-bond donors (Lipinski definition) is 2. The van der Waals surface area contributed by atoms with Crippen LogP contribution in [0.25, 0.3) is 0 Å². The van der Waals surface area contributed by atoms with E-state index in [0.29, 0.717) is 17.9 Å². The summed E-state index contributed by atoms with van der Waals surface area (Å²) >= 11 is 0. The lowest BCUT2D eigenvalue weighted by atomic mass is 10.0. The Morgan fingerprint density at radius 1 is 1.13 bits per heavy atom. The van der Waals surface area contributed by atoms with E-state index in [2.05, 4.69) is 11.8 Å². The number of sulfonamides is 1. The van der Waals surface area contributed by atoms with Crippen molar-refractivity contribution in [1.29, 1.82) is 0 Å². The highest BCUT2D eigenvalue weighted by Crippen LogP contribution is 2.24. The van der Waals surface area contributed by atoms with Crippen molar-refractivity contribution in [3.63, 3.8) is 0 Å². The van der Waals surface area contributed by atoms with E-state index in [0.717, 1.165) is 25.9 Å².